The summed E-state index contributed by atoms with van der Waals surface area (Å²) in [4.78, 5) is 35.7. The van der Waals surface area contributed by atoms with Crippen molar-refractivity contribution in [2.24, 2.45) is 22.7 Å². The molecule has 0 bridgehead atoms. The van der Waals surface area contributed by atoms with Crippen LogP contribution in [0.1, 0.15) is 59.3 Å². The van der Waals surface area contributed by atoms with Crippen LogP contribution in [-0.4, -0.2) is 24.1 Å². The fraction of sp³-hybridized carbons (Fsp3) is 0.609. The van der Waals surface area contributed by atoms with Gasteiger partial charge in [-0.3, -0.25) is 14.4 Å². The minimum atomic E-state index is -0.416. The molecule has 4 atom stereocenters. The van der Waals surface area contributed by atoms with Gasteiger partial charge in [0.15, 0.2) is 18.2 Å². The van der Waals surface area contributed by atoms with Crippen molar-refractivity contribution >= 4 is 17.5 Å². The van der Waals surface area contributed by atoms with Gasteiger partial charge in [-0.15, -0.1) is 0 Å². The largest absolute Gasteiger partial charge is 0.457 e. The van der Waals surface area contributed by atoms with E-state index in [1.165, 1.54) is 18.1 Å². The van der Waals surface area contributed by atoms with E-state index in [2.05, 4.69) is 26.0 Å². The molecule has 0 aromatic carbocycles. The number of rotatable bonds is 3. The van der Waals surface area contributed by atoms with Gasteiger partial charge in [0.05, 0.1) is 0 Å². The van der Waals surface area contributed by atoms with Crippen LogP contribution in [-0.2, 0) is 19.1 Å². The molecule has 0 aliphatic heterocycles. The van der Waals surface area contributed by atoms with E-state index in [1.807, 2.05) is 6.08 Å². The van der Waals surface area contributed by atoms with Gasteiger partial charge in [-0.05, 0) is 50.0 Å². The molecular formula is C23H28O4. The highest BCUT2D eigenvalue weighted by Crippen LogP contribution is 2.63. The minimum absolute atomic E-state index is 0.0165. The summed E-state index contributed by atoms with van der Waals surface area (Å²) < 4.78 is 4.96. The second-order valence-electron chi connectivity index (χ2n) is 9.06. The van der Waals surface area contributed by atoms with Crippen LogP contribution >= 0.6 is 0 Å². The molecule has 0 heterocycles. The number of ether oxygens (including phenoxy) is 1. The molecule has 0 radical (unpaired) electrons. The zero-order valence-electron chi connectivity index (χ0n) is 16.5. The number of hydrogen-bond acceptors (Lipinski definition) is 4. The monoisotopic (exact) mass is 368 g/mol. The molecule has 1 saturated carbocycles. The Kier molecular flexibility index (Phi) is 4.28. The highest BCUT2D eigenvalue weighted by atomic mass is 16.5. The topological polar surface area (TPSA) is 60.4 Å². The number of ketones is 2. The van der Waals surface area contributed by atoms with Crippen molar-refractivity contribution in [3.8, 4) is 0 Å². The highest BCUT2D eigenvalue weighted by molar-refractivity contribution is 5.99. The minimum Gasteiger partial charge on any atom is -0.457 e. The van der Waals surface area contributed by atoms with E-state index in [4.69, 9.17) is 4.74 Å². The fourth-order valence-corrected chi connectivity index (χ4v) is 6.11. The van der Waals surface area contributed by atoms with E-state index >= 15 is 0 Å². The van der Waals surface area contributed by atoms with Crippen molar-refractivity contribution in [1.29, 1.82) is 0 Å². The third kappa shape index (κ3) is 2.76. The molecule has 1 fully saturated rings. The summed E-state index contributed by atoms with van der Waals surface area (Å²) in [5.41, 5.74) is 3.49. The van der Waals surface area contributed by atoms with Crippen LogP contribution in [0.4, 0.5) is 0 Å². The SMILES string of the molecule is CC(=O)OCC(=O)C1=CC[C@@H]2[C@@H]3CCC4=CC(=O)CC[C@@]4(C)C3=CC[C@@]12C. The van der Waals surface area contributed by atoms with Crippen LogP contribution < -0.4 is 0 Å². The zero-order valence-corrected chi connectivity index (χ0v) is 16.5. The highest BCUT2D eigenvalue weighted by Gasteiger charge is 2.54. The molecule has 4 aliphatic carbocycles. The van der Waals surface area contributed by atoms with Gasteiger partial charge in [-0.25, -0.2) is 0 Å². The van der Waals surface area contributed by atoms with Gasteiger partial charge in [0.25, 0.3) is 0 Å². The second kappa shape index (κ2) is 6.29. The standard InChI is InChI=1S/C23H28O4/c1-14(24)27-13-21(26)20-7-6-18-17-5-4-15-12-16(25)8-10-22(15,2)19(17)9-11-23(18,20)3/h7,9,12,17-18H,4-6,8,10-11,13H2,1-3H3/t17-,18+,22+,23+/m0/s1. The molecule has 0 spiro atoms. The van der Waals surface area contributed by atoms with Crippen LogP contribution in [0.3, 0.4) is 0 Å². The fourth-order valence-electron chi connectivity index (χ4n) is 6.11. The van der Waals surface area contributed by atoms with E-state index < -0.39 is 5.97 Å². The molecule has 4 nitrogen and oxygen atoms in total. The van der Waals surface area contributed by atoms with Crippen molar-refractivity contribution in [3.63, 3.8) is 0 Å². The molecule has 0 saturated heterocycles. The maximum absolute atomic E-state index is 12.7. The Labute approximate surface area is 160 Å². The summed E-state index contributed by atoms with van der Waals surface area (Å²) in [7, 11) is 0. The molecule has 0 unspecified atom stereocenters. The van der Waals surface area contributed by atoms with Crippen molar-refractivity contribution in [1.82, 2.24) is 0 Å². The Morgan fingerprint density at radius 2 is 2.00 bits per heavy atom. The van der Waals surface area contributed by atoms with E-state index in [-0.39, 0.29) is 29.0 Å². The normalized spacial score (nSPS) is 37.3. The van der Waals surface area contributed by atoms with Gasteiger partial charge in [0.2, 0.25) is 0 Å². The number of hydrogen-bond donors (Lipinski definition) is 0. The molecule has 4 heteroatoms. The third-order valence-corrected chi connectivity index (χ3v) is 7.62. The molecule has 0 aromatic heterocycles. The van der Waals surface area contributed by atoms with Gasteiger partial charge in [0.1, 0.15) is 0 Å². The summed E-state index contributed by atoms with van der Waals surface area (Å²) >= 11 is 0. The van der Waals surface area contributed by atoms with E-state index in [0.29, 0.717) is 18.3 Å². The number of fused-ring (bicyclic) bond motifs is 5. The van der Waals surface area contributed by atoms with Crippen molar-refractivity contribution in [2.75, 3.05) is 6.61 Å². The lowest BCUT2D eigenvalue weighted by atomic mass is 9.51. The first kappa shape index (κ1) is 18.4. The number of Topliss-reactive ketones (excluding diaryl/α,β-unsaturated/α-hetero) is 1. The Hall–Kier alpha value is -1.97. The van der Waals surface area contributed by atoms with E-state index in [0.717, 1.165) is 37.7 Å². The lowest BCUT2D eigenvalue weighted by Crippen LogP contribution is -2.44. The zero-order chi connectivity index (χ0) is 19.4. The lowest BCUT2D eigenvalue weighted by Gasteiger charge is -2.53. The van der Waals surface area contributed by atoms with Gasteiger partial charge < -0.3 is 4.74 Å². The Morgan fingerprint density at radius 1 is 1.22 bits per heavy atom. The predicted molar refractivity (Wildman–Crippen MR) is 102 cm³/mol. The van der Waals surface area contributed by atoms with Crippen LogP contribution in [0.5, 0.6) is 0 Å². The quantitative estimate of drug-likeness (QED) is 0.556. The van der Waals surface area contributed by atoms with Gasteiger partial charge in [-0.2, -0.15) is 0 Å². The predicted octanol–water partition coefficient (Wildman–Crippen LogP) is 4.11. The number of carbonyl (C=O) groups is 3. The molecule has 0 N–H and O–H groups in total. The molecule has 144 valence electrons. The van der Waals surface area contributed by atoms with Crippen LogP contribution in [0.25, 0.3) is 0 Å². The smallest absolute Gasteiger partial charge is 0.303 e. The van der Waals surface area contributed by atoms with E-state index in [9.17, 15) is 14.4 Å². The van der Waals surface area contributed by atoms with Gasteiger partial charge in [0, 0.05) is 29.7 Å². The first-order valence-corrected chi connectivity index (χ1v) is 10.1. The van der Waals surface area contributed by atoms with Crippen molar-refractivity contribution in [2.45, 2.75) is 59.3 Å². The van der Waals surface area contributed by atoms with Gasteiger partial charge >= 0.3 is 5.97 Å². The molecular weight excluding hydrogens is 340 g/mol. The molecule has 27 heavy (non-hydrogen) atoms. The molecule has 4 rings (SSSR count). The summed E-state index contributed by atoms with van der Waals surface area (Å²) in [5.74, 6) is 0.681. The second-order valence-corrected chi connectivity index (χ2v) is 9.06. The molecule has 0 amide bonds. The third-order valence-electron chi connectivity index (χ3n) is 7.62. The number of carbonyl (C=O) groups excluding carboxylic acids is 3. The summed E-state index contributed by atoms with van der Waals surface area (Å²) in [6.45, 7) is 5.69. The first-order chi connectivity index (χ1) is 12.8. The summed E-state index contributed by atoms with van der Waals surface area (Å²) in [6, 6.07) is 0. The Bertz CT molecular complexity index is 814. The number of allylic oxidation sites excluding steroid dienone is 5. The van der Waals surface area contributed by atoms with Crippen molar-refractivity contribution in [3.05, 3.63) is 34.9 Å². The lowest BCUT2D eigenvalue weighted by molar-refractivity contribution is -0.145. The average molecular weight is 368 g/mol. The maximum Gasteiger partial charge on any atom is 0.303 e. The van der Waals surface area contributed by atoms with Gasteiger partial charge in [-0.1, -0.05) is 37.1 Å². The summed E-state index contributed by atoms with van der Waals surface area (Å²) in [6.07, 6.45) is 11.7. The first-order valence-electron chi connectivity index (χ1n) is 10.1. The Balaban J connectivity index is 1.62. The molecule has 0 aromatic rings. The van der Waals surface area contributed by atoms with Crippen LogP contribution in [0, 0.1) is 22.7 Å². The van der Waals surface area contributed by atoms with Crippen molar-refractivity contribution < 1.29 is 19.1 Å². The number of esters is 1. The van der Waals surface area contributed by atoms with E-state index in [1.54, 1.807) is 0 Å². The Morgan fingerprint density at radius 3 is 2.74 bits per heavy atom. The van der Waals surface area contributed by atoms with Crippen LogP contribution in [0.2, 0.25) is 0 Å². The average Bonchev–Trinajstić information content (AvgIpc) is 2.97. The molecule has 4 aliphatic rings. The van der Waals surface area contributed by atoms with Crippen LogP contribution in [0.15, 0.2) is 34.9 Å². The maximum atomic E-state index is 12.7. The summed E-state index contributed by atoms with van der Waals surface area (Å²) in [5, 5.41) is 0.